The summed E-state index contributed by atoms with van der Waals surface area (Å²) in [6, 6.07) is 0. The highest BCUT2D eigenvalue weighted by Crippen LogP contribution is 1.95. The van der Waals surface area contributed by atoms with Crippen LogP contribution < -0.4 is 16.2 Å². The smallest absolute Gasteiger partial charge is 0.223 e. The second-order valence-electron chi connectivity index (χ2n) is 2.67. The summed E-state index contributed by atoms with van der Waals surface area (Å²) in [5.74, 6) is -0.282. The van der Waals surface area contributed by atoms with Crippen molar-refractivity contribution in [2.75, 3.05) is 5.73 Å². The molecule has 0 bridgehead atoms. The predicted molar refractivity (Wildman–Crippen MR) is 43.9 cm³/mol. The molecule has 1 aromatic rings. The molecule has 10 heteroatoms. The summed E-state index contributed by atoms with van der Waals surface area (Å²) in [4.78, 5) is 10.8. The summed E-state index contributed by atoms with van der Waals surface area (Å²) in [5, 5.41) is 35.4. The maximum Gasteiger partial charge on any atom is 0.223 e. The average Bonchev–Trinajstić information content (AvgIpc) is 1.98. The highest BCUT2D eigenvalue weighted by molar-refractivity contribution is 5.15. The highest BCUT2D eigenvalue weighted by Gasteiger charge is 2.09. The van der Waals surface area contributed by atoms with Crippen molar-refractivity contribution >= 4 is 5.95 Å². The van der Waals surface area contributed by atoms with E-state index in [1.807, 2.05) is 0 Å². The lowest BCUT2D eigenvalue weighted by Gasteiger charge is -2.13. The Bertz CT molecular complexity index is 303. The van der Waals surface area contributed by atoms with Gasteiger partial charge in [-0.1, -0.05) is 0 Å². The number of hydroxylamine groups is 4. The number of nitrogens with two attached hydrogens (primary N) is 1. The second-order valence-corrected chi connectivity index (χ2v) is 2.67. The molecule has 0 saturated heterocycles. The molecule has 0 aliphatic heterocycles. The Balaban J connectivity index is 2.84. The SMILES string of the molecule is Nc1nc(C[NH+]([O-])O)nc(C[NH+]([O-])O)n1. The van der Waals surface area contributed by atoms with E-state index < -0.39 is 23.5 Å². The van der Waals surface area contributed by atoms with Crippen molar-refractivity contribution in [1.82, 2.24) is 15.0 Å². The van der Waals surface area contributed by atoms with Crippen LogP contribution >= 0.6 is 0 Å². The summed E-state index contributed by atoms with van der Waals surface area (Å²) in [6.45, 7) is -0.835. The van der Waals surface area contributed by atoms with E-state index in [1.165, 1.54) is 0 Å². The molecule has 0 saturated carbocycles. The van der Waals surface area contributed by atoms with Gasteiger partial charge in [0.15, 0.2) is 24.7 Å². The van der Waals surface area contributed by atoms with Crippen LogP contribution in [0.15, 0.2) is 0 Å². The maximum absolute atomic E-state index is 10.4. The normalized spacial score (nSPS) is 14.9. The predicted octanol–water partition coefficient (Wildman–Crippen LogP) is -4.00. The van der Waals surface area contributed by atoms with Crippen molar-refractivity contribution < 1.29 is 20.9 Å². The van der Waals surface area contributed by atoms with Crippen LogP contribution in [0.25, 0.3) is 0 Å². The van der Waals surface area contributed by atoms with Crippen molar-refractivity contribution in [1.29, 1.82) is 0 Å². The van der Waals surface area contributed by atoms with E-state index in [2.05, 4.69) is 15.0 Å². The van der Waals surface area contributed by atoms with Crippen LogP contribution in [0.3, 0.4) is 0 Å². The van der Waals surface area contributed by atoms with Gasteiger partial charge < -0.3 is 16.1 Å². The first kappa shape index (κ1) is 11.6. The second kappa shape index (κ2) is 4.88. The summed E-state index contributed by atoms with van der Waals surface area (Å²) in [6.07, 6.45) is 0. The van der Waals surface area contributed by atoms with Crippen LogP contribution in [-0.2, 0) is 13.1 Å². The van der Waals surface area contributed by atoms with Gasteiger partial charge in [-0.05, 0) is 0 Å². The molecule has 2 atom stereocenters. The maximum atomic E-state index is 10.4. The van der Waals surface area contributed by atoms with E-state index in [1.54, 1.807) is 0 Å². The van der Waals surface area contributed by atoms with E-state index in [0.717, 1.165) is 0 Å². The first-order chi connectivity index (χ1) is 6.97. The van der Waals surface area contributed by atoms with Gasteiger partial charge in [-0.3, -0.25) is 0 Å². The first-order valence-electron chi connectivity index (χ1n) is 3.90. The van der Waals surface area contributed by atoms with Crippen molar-refractivity contribution in [2.45, 2.75) is 13.1 Å². The third-order valence-corrected chi connectivity index (χ3v) is 1.36. The van der Waals surface area contributed by atoms with Crippen molar-refractivity contribution in [3.63, 3.8) is 0 Å². The number of nitrogens with one attached hydrogen (secondary N) is 2. The van der Waals surface area contributed by atoms with Gasteiger partial charge in [0.25, 0.3) is 0 Å². The number of rotatable bonds is 4. The molecule has 0 aliphatic carbocycles. The number of hydrogen-bond donors (Lipinski definition) is 5. The molecule has 0 aromatic carbocycles. The number of quaternary nitrogens is 2. The van der Waals surface area contributed by atoms with Crippen LogP contribution in [0.4, 0.5) is 5.95 Å². The molecule has 0 spiro atoms. The molecule has 2 unspecified atom stereocenters. The van der Waals surface area contributed by atoms with Crippen LogP contribution in [0.5, 0.6) is 0 Å². The molecule has 1 heterocycles. The standard InChI is InChI=1S/C5H10N6O4/c6-5-8-3(1-10(12)13)7-4(9-5)2-11(14)15/h10-12,14H,1-2H2,(H2,6,7,8,9). The Kier molecular flexibility index (Phi) is 3.79. The third kappa shape index (κ3) is 4.07. The van der Waals surface area contributed by atoms with E-state index in [0.29, 0.717) is 0 Å². The Hall–Kier alpha value is -1.43. The monoisotopic (exact) mass is 218 g/mol. The topological polar surface area (TPSA) is 160 Å². The molecule has 0 amide bonds. The van der Waals surface area contributed by atoms with E-state index in [-0.39, 0.29) is 17.6 Å². The average molecular weight is 218 g/mol. The fourth-order valence-electron chi connectivity index (χ4n) is 0.917. The molecule has 0 fully saturated rings. The van der Waals surface area contributed by atoms with Gasteiger partial charge in [-0.15, -0.1) is 0 Å². The minimum absolute atomic E-state index is 0.0498. The van der Waals surface area contributed by atoms with Gasteiger partial charge in [0.2, 0.25) is 5.95 Å². The molecular weight excluding hydrogens is 208 g/mol. The van der Waals surface area contributed by atoms with Gasteiger partial charge in [-0.25, -0.2) is 25.9 Å². The van der Waals surface area contributed by atoms with Gasteiger partial charge in [-0.2, -0.15) is 9.97 Å². The van der Waals surface area contributed by atoms with Gasteiger partial charge >= 0.3 is 0 Å². The molecule has 0 radical (unpaired) electrons. The largest absolute Gasteiger partial charge is 0.600 e. The fourth-order valence-corrected chi connectivity index (χ4v) is 0.917. The van der Waals surface area contributed by atoms with E-state index in [4.69, 9.17) is 16.1 Å². The molecular formula is C5H10N6O4. The molecule has 6 N–H and O–H groups in total. The van der Waals surface area contributed by atoms with Crippen molar-refractivity contribution in [3.8, 4) is 0 Å². The Morgan fingerprint density at radius 1 is 1.00 bits per heavy atom. The van der Waals surface area contributed by atoms with E-state index >= 15 is 0 Å². The summed E-state index contributed by atoms with van der Waals surface area (Å²) < 4.78 is 0. The number of aromatic nitrogens is 3. The molecule has 1 aromatic heterocycles. The summed E-state index contributed by atoms with van der Waals surface area (Å²) in [7, 11) is 0. The Labute approximate surface area is 83.7 Å². The minimum Gasteiger partial charge on any atom is -0.600 e. The number of nitrogen functional groups attached to an aromatic ring is 1. The first-order valence-corrected chi connectivity index (χ1v) is 3.90. The lowest BCUT2D eigenvalue weighted by Crippen LogP contribution is -3.03. The number of hydrogen-bond acceptors (Lipinski definition) is 8. The zero-order valence-electron chi connectivity index (χ0n) is 7.54. The molecule has 1 rings (SSSR count). The molecule has 15 heavy (non-hydrogen) atoms. The zero-order chi connectivity index (χ0) is 11.4. The Morgan fingerprint density at radius 2 is 1.40 bits per heavy atom. The third-order valence-electron chi connectivity index (χ3n) is 1.36. The molecule has 10 nitrogen and oxygen atoms in total. The van der Waals surface area contributed by atoms with Crippen LogP contribution in [0.1, 0.15) is 11.6 Å². The van der Waals surface area contributed by atoms with Crippen LogP contribution in [0.2, 0.25) is 0 Å². The summed E-state index contributed by atoms with van der Waals surface area (Å²) >= 11 is 0. The highest BCUT2D eigenvalue weighted by atomic mass is 16.8. The lowest BCUT2D eigenvalue weighted by atomic mass is 10.5. The zero-order valence-corrected chi connectivity index (χ0v) is 7.54. The number of anilines is 1. The van der Waals surface area contributed by atoms with Crippen molar-refractivity contribution in [3.05, 3.63) is 22.1 Å². The molecule has 0 aliphatic rings. The van der Waals surface area contributed by atoms with Gasteiger partial charge in [0.1, 0.15) is 0 Å². The number of nitrogens with zero attached hydrogens (tertiary/aromatic N) is 3. The fraction of sp³-hybridized carbons (Fsp3) is 0.400. The van der Waals surface area contributed by atoms with Crippen molar-refractivity contribution in [2.24, 2.45) is 0 Å². The molecule has 84 valence electrons. The minimum atomic E-state index is -1.12. The van der Waals surface area contributed by atoms with Gasteiger partial charge in [0, 0.05) is 0 Å². The quantitative estimate of drug-likeness (QED) is 0.319. The van der Waals surface area contributed by atoms with Crippen LogP contribution in [0, 0.1) is 10.4 Å². The van der Waals surface area contributed by atoms with E-state index in [9.17, 15) is 10.4 Å². The van der Waals surface area contributed by atoms with Gasteiger partial charge in [0.05, 0.1) is 0 Å². The van der Waals surface area contributed by atoms with Crippen LogP contribution in [-0.4, -0.2) is 25.4 Å². The Morgan fingerprint density at radius 3 is 1.73 bits per heavy atom. The summed E-state index contributed by atoms with van der Waals surface area (Å²) in [5.41, 5.74) is 5.26. The lowest BCUT2D eigenvalue weighted by molar-refractivity contribution is -1.06.